The van der Waals surface area contributed by atoms with E-state index in [0.29, 0.717) is 0 Å². The zero-order valence-corrected chi connectivity index (χ0v) is 22.0. The average Bonchev–Trinajstić information content (AvgIpc) is 3.37. The molecule has 2 aliphatic heterocycles. The lowest BCUT2D eigenvalue weighted by Gasteiger charge is -2.33. The predicted octanol–water partition coefficient (Wildman–Crippen LogP) is 3.62. The Balaban J connectivity index is 0.00000306. The van der Waals surface area contributed by atoms with E-state index in [-0.39, 0.29) is 30.0 Å². The number of benzene rings is 1. The van der Waals surface area contributed by atoms with Crippen molar-refractivity contribution in [1.82, 2.24) is 20.4 Å². The molecular formula is C25H38IN5O2. The summed E-state index contributed by atoms with van der Waals surface area (Å²) in [6.07, 6.45) is 5.60. The maximum Gasteiger partial charge on any atom is 0.191 e. The van der Waals surface area contributed by atoms with Crippen LogP contribution in [-0.2, 0) is 17.8 Å². The minimum Gasteiger partial charge on any atom is -0.468 e. The van der Waals surface area contributed by atoms with Crippen molar-refractivity contribution in [1.29, 1.82) is 0 Å². The van der Waals surface area contributed by atoms with E-state index in [1.54, 1.807) is 6.26 Å². The zero-order chi connectivity index (χ0) is 22.0. The minimum absolute atomic E-state index is 0. The van der Waals surface area contributed by atoms with Crippen molar-refractivity contribution in [3.63, 3.8) is 0 Å². The summed E-state index contributed by atoms with van der Waals surface area (Å²) in [5, 5.41) is 7.00. The molecule has 8 heteroatoms. The molecule has 0 bridgehead atoms. The molecular weight excluding hydrogens is 529 g/mol. The Labute approximate surface area is 215 Å². The molecule has 1 atom stereocenters. The van der Waals surface area contributed by atoms with Crippen LogP contribution >= 0.6 is 24.0 Å². The monoisotopic (exact) mass is 567 g/mol. The standard InChI is InChI=1S/C25H37N5O2.HI/c1-26-25(28-19-23(24-9-6-14-32-24)30-10-3-2-4-11-30)27-18-21-7-5-8-22(17-21)20-29-12-15-31-16-13-29;/h5-9,14,17,23H,2-4,10-13,15-16,18-20H2,1H3,(H2,26,27,28);1H. The number of hydrogen-bond acceptors (Lipinski definition) is 5. The molecule has 2 fully saturated rings. The molecule has 0 spiro atoms. The molecule has 0 saturated carbocycles. The van der Waals surface area contributed by atoms with Crippen LogP contribution in [0.1, 0.15) is 42.2 Å². The second-order valence-electron chi connectivity index (χ2n) is 8.64. The first-order chi connectivity index (χ1) is 15.8. The largest absolute Gasteiger partial charge is 0.468 e. The van der Waals surface area contributed by atoms with Gasteiger partial charge in [-0.25, -0.2) is 0 Å². The zero-order valence-electron chi connectivity index (χ0n) is 19.7. The third kappa shape index (κ3) is 7.98. The first-order valence-electron chi connectivity index (χ1n) is 11.9. The molecule has 0 radical (unpaired) electrons. The third-order valence-electron chi connectivity index (χ3n) is 6.35. The van der Waals surface area contributed by atoms with Crippen LogP contribution in [0.25, 0.3) is 0 Å². The fourth-order valence-corrected chi connectivity index (χ4v) is 4.58. The fraction of sp³-hybridized carbons (Fsp3) is 0.560. The van der Waals surface area contributed by atoms with Gasteiger partial charge >= 0.3 is 0 Å². The van der Waals surface area contributed by atoms with Crippen LogP contribution in [0.5, 0.6) is 0 Å². The lowest BCUT2D eigenvalue weighted by Crippen LogP contribution is -2.44. The van der Waals surface area contributed by atoms with E-state index >= 15 is 0 Å². The summed E-state index contributed by atoms with van der Waals surface area (Å²) in [4.78, 5) is 9.42. The average molecular weight is 568 g/mol. The molecule has 1 aromatic carbocycles. The highest BCUT2D eigenvalue weighted by Gasteiger charge is 2.24. The van der Waals surface area contributed by atoms with Crippen LogP contribution in [0, 0.1) is 0 Å². The summed E-state index contributed by atoms with van der Waals surface area (Å²) in [5.41, 5.74) is 2.61. The smallest absolute Gasteiger partial charge is 0.191 e. The normalized spacial score (nSPS) is 19.0. The van der Waals surface area contributed by atoms with Gasteiger partial charge in [-0.2, -0.15) is 0 Å². The molecule has 2 N–H and O–H groups in total. The molecule has 2 aliphatic rings. The van der Waals surface area contributed by atoms with Gasteiger partial charge in [0.25, 0.3) is 0 Å². The van der Waals surface area contributed by atoms with Gasteiger partial charge in [-0.1, -0.05) is 30.7 Å². The Morgan fingerprint density at radius 1 is 1.00 bits per heavy atom. The Morgan fingerprint density at radius 2 is 1.79 bits per heavy atom. The maximum absolute atomic E-state index is 5.77. The number of hydrogen-bond donors (Lipinski definition) is 2. The molecule has 1 aromatic heterocycles. The van der Waals surface area contributed by atoms with E-state index < -0.39 is 0 Å². The molecule has 1 unspecified atom stereocenters. The van der Waals surface area contributed by atoms with Crippen LogP contribution < -0.4 is 10.6 Å². The van der Waals surface area contributed by atoms with Crippen molar-refractivity contribution in [2.24, 2.45) is 4.99 Å². The van der Waals surface area contributed by atoms with Gasteiger partial charge in [0.2, 0.25) is 0 Å². The maximum atomic E-state index is 5.77. The topological polar surface area (TPSA) is 65.3 Å². The van der Waals surface area contributed by atoms with E-state index in [1.807, 2.05) is 13.1 Å². The summed E-state index contributed by atoms with van der Waals surface area (Å²) in [7, 11) is 1.83. The summed E-state index contributed by atoms with van der Waals surface area (Å²) in [6, 6.07) is 13.1. The van der Waals surface area contributed by atoms with Gasteiger partial charge in [0, 0.05) is 39.8 Å². The quantitative estimate of drug-likeness (QED) is 0.289. The molecule has 182 valence electrons. The summed E-state index contributed by atoms with van der Waals surface area (Å²) in [5.74, 6) is 1.84. The Bertz CT molecular complexity index is 833. The van der Waals surface area contributed by atoms with Crippen molar-refractivity contribution in [3.8, 4) is 0 Å². The van der Waals surface area contributed by atoms with E-state index in [2.05, 4.69) is 55.8 Å². The van der Waals surface area contributed by atoms with Gasteiger partial charge in [-0.15, -0.1) is 24.0 Å². The molecule has 4 rings (SSSR count). The number of nitrogens with zero attached hydrogens (tertiary/aromatic N) is 3. The molecule has 7 nitrogen and oxygen atoms in total. The van der Waals surface area contributed by atoms with Gasteiger partial charge in [0.1, 0.15) is 5.76 Å². The lowest BCUT2D eigenvalue weighted by atomic mass is 10.1. The Kier molecular flexibility index (Phi) is 11.0. The highest BCUT2D eigenvalue weighted by Crippen LogP contribution is 2.24. The van der Waals surface area contributed by atoms with Crippen LogP contribution in [0.2, 0.25) is 0 Å². The number of piperidine rings is 1. The summed E-state index contributed by atoms with van der Waals surface area (Å²) >= 11 is 0. The second-order valence-corrected chi connectivity index (χ2v) is 8.64. The number of aliphatic imine (C=N–C) groups is 1. The van der Waals surface area contributed by atoms with Gasteiger partial charge in [-0.3, -0.25) is 14.8 Å². The first kappa shape index (κ1) is 26.0. The van der Waals surface area contributed by atoms with E-state index in [9.17, 15) is 0 Å². The van der Waals surface area contributed by atoms with Crippen molar-refractivity contribution in [3.05, 3.63) is 59.5 Å². The molecule has 0 aliphatic carbocycles. The van der Waals surface area contributed by atoms with Crippen LogP contribution in [0.3, 0.4) is 0 Å². The van der Waals surface area contributed by atoms with Gasteiger partial charge in [0.05, 0.1) is 25.5 Å². The molecule has 0 amide bonds. The number of morpholine rings is 1. The highest BCUT2D eigenvalue weighted by molar-refractivity contribution is 14.0. The van der Waals surface area contributed by atoms with Crippen molar-refractivity contribution < 1.29 is 9.15 Å². The van der Waals surface area contributed by atoms with Crippen molar-refractivity contribution in [2.75, 3.05) is 53.0 Å². The number of halogens is 1. The Hall–Kier alpha value is -1.62. The molecule has 3 heterocycles. The molecule has 33 heavy (non-hydrogen) atoms. The lowest BCUT2D eigenvalue weighted by molar-refractivity contribution is 0.0342. The second kappa shape index (κ2) is 13.9. The highest BCUT2D eigenvalue weighted by atomic mass is 127. The number of nitrogens with one attached hydrogen (secondary N) is 2. The van der Waals surface area contributed by atoms with Crippen LogP contribution in [-0.4, -0.2) is 68.7 Å². The molecule has 2 aromatic rings. The van der Waals surface area contributed by atoms with Crippen molar-refractivity contribution >= 4 is 29.9 Å². The van der Waals surface area contributed by atoms with E-state index in [4.69, 9.17) is 9.15 Å². The van der Waals surface area contributed by atoms with Gasteiger partial charge in [0.15, 0.2) is 5.96 Å². The van der Waals surface area contributed by atoms with E-state index in [1.165, 1.54) is 30.4 Å². The van der Waals surface area contributed by atoms with Gasteiger partial charge < -0.3 is 19.8 Å². The number of ether oxygens (including phenoxy) is 1. The summed E-state index contributed by atoms with van der Waals surface area (Å²) in [6.45, 7) is 8.41. The van der Waals surface area contributed by atoms with E-state index in [0.717, 1.165) is 70.7 Å². The molecule has 2 saturated heterocycles. The van der Waals surface area contributed by atoms with Crippen LogP contribution in [0.15, 0.2) is 52.1 Å². The number of likely N-dealkylation sites (tertiary alicyclic amines) is 1. The fourth-order valence-electron chi connectivity index (χ4n) is 4.58. The third-order valence-corrected chi connectivity index (χ3v) is 6.35. The number of rotatable bonds is 8. The number of furan rings is 1. The predicted molar refractivity (Wildman–Crippen MR) is 143 cm³/mol. The SMILES string of the molecule is CN=C(NCc1cccc(CN2CCOCC2)c1)NCC(c1ccco1)N1CCCCC1.I. The first-order valence-corrected chi connectivity index (χ1v) is 11.9. The van der Waals surface area contributed by atoms with Gasteiger partial charge in [-0.05, 0) is 49.2 Å². The van der Waals surface area contributed by atoms with Crippen LogP contribution in [0.4, 0.5) is 0 Å². The summed E-state index contributed by atoms with van der Waals surface area (Å²) < 4.78 is 11.2. The Morgan fingerprint density at radius 3 is 2.52 bits per heavy atom. The number of guanidine groups is 1. The minimum atomic E-state index is 0. The van der Waals surface area contributed by atoms with Crippen molar-refractivity contribution in [2.45, 2.75) is 38.4 Å².